The predicted octanol–water partition coefficient (Wildman–Crippen LogP) is 5.05. The number of aryl methyl sites for hydroxylation is 2. The van der Waals surface area contributed by atoms with Crippen molar-refractivity contribution in [2.24, 2.45) is 0 Å². The number of fused-ring (bicyclic) bond motifs is 1. The number of H-pyrrole nitrogens is 1. The van der Waals surface area contributed by atoms with Gasteiger partial charge >= 0.3 is 0 Å². The number of aromatic hydroxyl groups is 1. The molecular formula is C24H27FN2O. The Hall–Kier alpha value is -2.62. The van der Waals surface area contributed by atoms with Gasteiger partial charge in [0.25, 0.3) is 0 Å². The molecule has 4 heteroatoms. The van der Waals surface area contributed by atoms with Gasteiger partial charge in [0.15, 0.2) is 0 Å². The average Bonchev–Trinajstić information content (AvgIpc) is 3.34. The van der Waals surface area contributed by atoms with E-state index in [0.717, 1.165) is 60.9 Å². The molecule has 1 aliphatic carbocycles. The molecule has 0 unspecified atom stereocenters. The summed E-state index contributed by atoms with van der Waals surface area (Å²) < 4.78 is 13.2. The summed E-state index contributed by atoms with van der Waals surface area (Å²) in [7, 11) is 0. The predicted molar refractivity (Wildman–Crippen MR) is 109 cm³/mol. The number of nitrogens with zero attached hydrogens (tertiary/aromatic N) is 1. The SMILES string of the molecule is CCc1n[nH]c(CC)c1Cc1cc(Cc2ccc(F)cc2)c(O)c2c1CCC2. The Morgan fingerprint density at radius 3 is 2.46 bits per heavy atom. The molecule has 1 aliphatic rings. The molecule has 0 amide bonds. The third-order valence-electron chi connectivity index (χ3n) is 5.95. The zero-order valence-corrected chi connectivity index (χ0v) is 16.6. The maximum absolute atomic E-state index is 13.2. The van der Waals surface area contributed by atoms with Crippen molar-refractivity contribution < 1.29 is 9.50 Å². The van der Waals surface area contributed by atoms with Crippen LogP contribution in [0.4, 0.5) is 4.39 Å². The largest absolute Gasteiger partial charge is 0.507 e. The van der Waals surface area contributed by atoms with Crippen LogP contribution in [0, 0.1) is 5.82 Å². The maximum Gasteiger partial charge on any atom is 0.123 e. The normalized spacial score (nSPS) is 13.1. The van der Waals surface area contributed by atoms with Crippen molar-refractivity contribution >= 4 is 0 Å². The number of hydrogen-bond donors (Lipinski definition) is 2. The quantitative estimate of drug-likeness (QED) is 0.631. The highest BCUT2D eigenvalue weighted by Crippen LogP contribution is 2.38. The van der Waals surface area contributed by atoms with E-state index >= 15 is 0 Å². The highest BCUT2D eigenvalue weighted by Gasteiger charge is 2.23. The Balaban J connectivity index is 1.74. The molecule has 28 heavy (non-hydrogen) atoms. The summed E-state index contributed by atoms with van der Waals surface area (Å²) in [4.78, 5) is 0. The third-order valence-corrected chi connectivity index (χ3v) is 5.95. The summed E-state index contributed by atoms with van der Waals surface area (Å²) in [6.45, 7) is 4.29. The number of halogens is 1. The Kier molecular flexibility index (Phi) is 5.21. The van der Waals surface area contributed by atoms with Gasteiger partial charge in [-0.2, -0.15) is 5.10 Å². The number of aromatic nitrogens is 2. The summed E-state index contributed by atoms with van der Waals surface area (Å²) in [5, 5.41) is 18.6. The molecule has 0 fully saturated rings. The zero-order valence-electron chi connectivity index (χ0n) is 16.6. The topological polar surface area (TPSA) is 48.9 Å². The molecule has 146 valence electrons. The van der Waals surface area contributed by atoms with E-state index in [1.165, 1.54) is 34.5 Å². The van der Waals surface area contributed by atoms with Gasteiger partial charge in [-0.1, -0.05) is 32.0 Å². The lowest BCUT2D eigenvalue weighted by molar-refractivity contribution is 0.463. The van der Waals surface area contributed by atoms with Gasteiger partial charge in [-0.05, 0) is 72.1 Å². The minimum atomic E-state index is -0.234. The Morgan fingerprint density at radius 1 is 1.00 bits per heavy atom. The van der Waals surface area contributed by atoms with Crippen molar-refractivity contribution in [3.05, 3.63) is 80.9 Å². The van der Waals surface area contributed by atoms with Crippen molar-refractivity contribution in [3.8, 4) is 5.75 Å². The fraction of sp³-hybridized carbons (Fsp3) is 0.375. The summed E-state index contributed by atoms with van der Waals surface area (Å²) in [6.07, 6.45) is 6.34. The number of aromatic amines is 1. The molecular weight excluding hydrogens is 351 g/mol. The van der Waals surface area contributed by atoms with Crippen LogP contribution in [-0.2, 0) is 38.5 Å². The number of rotatable bonds is 6. The van der Waals surface area contributed by atoms with Crippen LogP contribution in [0.25, 0.3) is 0 Å². The smallest absolute Gasteiger partial charge is 0.123 e. The van der Waals surface area contributed by atoms with Gasteiger partial charge in [-0.3, -0.25) is 5.10 Å². The second kappa shape index (κ2) is 7.78. The number of nitrogens with one attached hydrogen (secondary N) is 1. The van der Waals surface area contributed by atoms with E-state index < -0.39 is 0 Å². The van der Waals surface area contributed by atoms with Gasteiger partial charge in [-0.25, -0.2) is 4.39 Å². The first kappa shape index (κ1) is 18.7. The van der Waals surface area contributed by atoms with Gasteiger partial charge < -0.3 is 5.11 Å². The maximum atomic E-state index is 13.2. The van der Waals surface area contributed by atoms with Crippen LogP contribution in [0.3, 0.4) is 0 Å². The van der Waals surface area contributed by atoms with E-state index in [2.05, 4.69) is 30.1 Å². The molecule has 2 N–H and O–H groups in total. The standard InChI is InChI=1S/C24H27FN2O/c1-3-22-21(23(4-2)27-26-22)14-16-13-17(12-15-8-10-18(25)11-9-15)24(28)20-7-5-6-19(16)20/h8-11,13,28H,3-7,12,14H2,1-2H3,(H,26,27). The van der Waals surface area contributed by atoms with Gasteiger partial charge in [-0.15, -0.1) is 0 Å². The fourth-order valence-corrected chi connectivity index (χ4v) is 4.46. The minimum Gasteiger partial charge on any atom is -0.507 e. The minimum absolute atomic E-state index is 0.234. The van der Waals surface area contributed by atoms with Crippen LogP contribution in [0.15, 0.2) is 30.3 Å². The van der Waals surface area contributed by atoms with E-state index in [9.17, 15) is 9.50 Å². The summed E-state index contributed by atoms with van der Waals surface area (Å²) in [5.74, 6) is 0.195. The van der Waals surface area contributed by atoms with Crippen molar-refractivity contribution in [2.45, 2.75) is 58.8 Å². The molecule has 0 aliphatic heterocycles. The highest BCUT2D eigenvalue weighted by molar-refractivity contribution is 5.54. The van der Waals surface area contributed by atoms with Crippen LogP contribution in [0.2, 0.25) is 0 Å². The zero-order chi connectivity index (χ0) is 19.7. The van der Waals surface area contributed by atoms with Crippen molar-refractivity contribution in [1.29, 1.82) is 0 Å². The van der Waals surface area contributed by atoms with Gasteiger partial charge in [0.05, 0.1) is 5.69 Å². The van der Waals surface area contributed by atoms with Crippen LogP contribution in [-0.4, -0.2) is 15.3 Å². The van der Waals surface area contributed by atoms with Crippen LogP contribution < -0.4 is 0 Å². The summed E-state index contributed by atoms with van der Waals surface area (Å²) in [6, 6.07) is 8.71. The molecule has 4 rings (SSSR count). The van der Waals surface area contributed by atoms with Gasteiger partial charge in [0.2, 0.25) is 0 Å². The lowest BCUT2D eigenvalue weighted by atomic mass is 9.90. The molecule has 0 atom stereocenters. The van der Waals surface area contributed by atoms with Crippen molar-refractivity contribution in [1.82, 2.24) is 10.2 Å². The molecule has 1 heterocycles. The van der Waals surface area contributed by atoms with E-state index in [0.29, 0.717) is 12.2 Å². The molecule has 3 aromatic rings. The van der Waals surface area contributed by atoms with Crippen LogP contribution >= 0.6 is 0 Å². The molecule has 0 spiro atoms. The third kappa shape index (κ3) is 3.44. The first-order valence-electron chi connectivity index (χ1n) is 10.3. The number of benzene rings is 2. The van der Waals surface area contributed by atoms with Crippen LogP contribution in [0.1, 0.15) is 65.0 Å². The number of phenolic OH excluding ortho intramolecular Hbond substituents is 1. The second-order valence-electron chi connectivity index (χ2n) is 7.67. The monoisotopic (exact) mass is 378 g/mol. The van der Waals surface area contributed by atoms with E-state index in [-0.39, 0.29) is 5.82 Å². The first-order valence-corrected chi connectivity index (χ1v) is 10.3. The highest BCUT2D eigenvalue weighted by atomic mass is 19.1. The second-order valence-corrected chi connectivity index (χ2v) is 7.67. The van der Waals surface area contributed by atoms with Gasteiger partial charge in [0.1, 0.15) is 11.6 Å². The lowest BCUT2D eigenvalue weighted by Gasteiger charge is -2.16. The van der Waals surface area contributed by atoms with E-state index in [4.69, 9.17) is 0 Å². The molecule has 3 nitrogen and oxygen atoms in total. The first-order chi connectivity index (χ1) is 13.6. The van der Waals surface area contributed by atoms with Crippen molar-refractivity contribution in [2.75, 3.05) is 0 Å². The van der Waals surface area contributed by atoms with Gasteiger partial charge in [0, 0.05) is 24.1 Å². The molecule has 1 aromatic heterocycles. The fourth-order valence-electron chi connectivity index (χ4n) is 4.46. The van der Waals surface area contributed by atoms with Crippen molar-refractivity contribution in [3.63, 3.8) is 0 Å². The molecule has 0 radical (unpaired) electrons. The molecule has 0 saturated carbocycles. The number of phenols is 1. The van der Waals surface area contributed by atoms with E-state index in [1.807, 2.05) is 0 Å². The lowest BCUT2D eigenvalue weighted by Crippen LogP contribution is -2.03. The Bertz CT molecular complexity index is 967. The molecule has 0 bridgehead atoms. The van der Waals surface area contributed by atoms with Crippen LogP contribution in [0.5, 0.6) is 5.75 Å². The Labute approximate surface area is 165 Å². The summed E-state index contributed by atoms with van der Waals surface area (Å²) in [5.41, 5.74) is 9.30. The Morgan fingerprint density at radius 2 is 1.75 bits per heavy atom. The molecule has 2 aromatic carbocycles. The number of hydrogen-bond acceptors (Lipinski definition) is 2. The molecule has 0 saturated heterocycles. The average molecular weight is 378 g/mol. The summed E-state index contributed by atoms with van der Waals surface area (Å²) >= 11 is 0. The van der Waals surface area contributed by atoms with E-state index in [1.54, 1.807) is 12.1 Å².